The summed E-state index contributed by atoms with van der Waals surface area (Å²) in [6.45, 7) is 6.30. The monoisotopic (exact) mass is 387 g/mol. The molecule has 144 valence electrons. The van der Waals surface area contributed by atoms with E-state index in [0.29, 0.717) is 0 Å². The van der Waals surface area contributed by atoms with Gasteiger partial charge < -0.3 is 15.0 Å². The van der Waals surface area contributed by atoms with E-state index in [9.17, 15) is 4.79 Å². The Hall–Kier alpha value is -2.61. The number of aryl methyl sites for hydroxylation is 1. The van der Waals surface area contributed by atoms with Gasteiger partial charge in [-0.2, -0.15) is 10.1 Å². The van der Waals surface area contributed by atoms with E-state index in [4.69, 9.17) is 9.72 Å². The first-order chi connectivity index (χ1) is 12.9. The molecule has 1 amide bonds. The highest BCUT2D eigenvalue weighted by molar-refractivity contribution is 7.22. The lowest BCUT2D eigenvalue weighted by Crippen LogP contribution is -2.39. The van der Waals surface area contributed by atoms with Gasteiger partial charge in [-0.05, 0) is 44.5 Å². The largest absolute Gasteiger partial charge is 0.497 e. The molecule has 0 radical (unpaired) electrons. The Balaban J connectivity index is 1.85. The molecule has 0 aliphatic carbocycles. The Morgan fingerprint density at radius 1 is 1.37 bits per heavy atom. The zero-order valence-corrected chi connectivity index (χ0v) is 17.1. The molecule has 27 heavy (non-hydrogen) atoms. The second-order valence-electron chi connectivity index (χ2n) is 6.58. The van der Waals surface area contributed by atoms with Crippen LogP contribution < -0.4 is 15.0 Å². The molecule has 0 saturated carbocycles. The van der Waals surface area contributed by atoms with Crippen molar-refractivity contribution in [2.75, 3.05) is 25.6 Å². The fraction of sp³-hybridized carbons (Fsp3) is 0.421. The number of aromatic nitrogens is 3. The summed E-state index contributed by atoms with van der Waals surface area (Å²) in [4.78, 5) is 18.8. The Morgan fingerprint density at radius 2 is 2.07 bits per heavy atom. The Kier molecular flexibility index (Phi) is 5.65. The van der Waals surface area contributed by atoms with E-state index in [2.05, 4.69) is 17.3 Å². The van der Waals surface area contributed by atoms with Gasteiger partial charge in [0.25, 0.3) is 0 Å². The maximum Gasteiger partial charge on any atom is 0.239 e. The maximum absolute atomic E-state index is 12.2. The lowest BCUT2D eigenvalue weighted by atomic mass is 10.2. The Bertz CT molecular complexity index is 932. The van der Waals surface area contributed by atoms with Crippen LogP contribution in [0.25, 0.3) is 16.0 Å². The van der Waals surface area contributed by atoms with Gasteiger partial charge in [0.1, 0.15) is 5.75 Å². The van der Waals surface area contributed by atoms with Crippen molar-refractivity contribution in [3.8, 4) is 11.4 Å². The number of nitrogens with one attached hydrogen (secondary N) is 1. The number of thiazole rings is 1. The number of fused-ring (bicyclic) bond motifs is 1. The molecule has 3 rings (SSSR count). The minimum Gasteiger partial charge on any atom is -0.497 e. The van der Waals surface area contributed by atoms with Crippen LogP contribution in [0.5, 0.6) is 5.75 Å². The van der Waals surface area contributed by atoms with Crippen LogP contribution in [0.1, 0.15) is 26.0 Å². The van der Waals surface area contributed by atoms with Gasteiger partial charge in [-0.15, -0.1) is 0 Å². The highest BCUT2D eigenvalue weighted by Gasteiger charge is 2.18. The predicted octanol–water partition coefficient (Wildman–Crippen LogP) is 3.15. The molecule has 1 aromatic carbocycles. The van der Waals surface area contributed by atoms with Crippen LogP contribution in [0.15, 0.2) is 24.3 Å². The Labute approximate surface area is 163 Å². The SMILES string of the molecule is CC[C@@H](C)NC(=O)CN(C)c1nc2c(s1)c(C)nn2-c1ccc(OC)cc1. The van der Waals surface area contributed by atoms with E-state index >= 15 is 0 Å². The van der Waals surface area contributed by atoms with Gasteiger partial charge in [0, 0.05) is 13.1 Å². The number of carbonyl (C=O) groups excluding carboxylic acids is 1. The van der Waals surface area contributed by atoms with Gasteiger partial charge in [0.15, 0.2) is 10.8 Å². The van der Waals surface area contributed by atoms with Crippen LogP contribution in [0.4, 0.5) is 5.13 Å². The molecule has 2 heterocycles. The van der Waals surface area contributed by atoms with Crippen LogP contribution in [-0.2, 0) is 4.79 Å². The average Bonchev–Trinajstić information content (AvgIpc) is 3.22. The van der Waals surface area contributed by atoms with Gasteiger partial charge >= 0.3 is 0 Å². The molecule has 2 aromatic heterocycles. The van der Waals surface area contributed by atoms with Crippen molar-refractivity contribution < 1.29 is 9.53 Å². The van der Waals surface area contributed by atoms with Gasteiger partial charge in [-0.1, -0.05) is 18.3 Å². The number of methoxy groups -OCH3 is 1. The van der Waals surface area contributed by atoms with E-state index in [-0.39, 0.29) is 18.5 Å². The number of anilines is 1. The van der Waals surface area contributed by atoms with E-state index in [1.54, 1.807) is 18.4 Å². The smallest absolute Gasteiger partial charge is 0.239 e. The molecule has 0 aliphatic heterocycles. The molecule has 1 N–H and O–H groups in total. The molecule has 0 aliphatic rings. The highest BCUT2D eigenvalue weighted by Crippen LogP contribution is 2.32. The highest BCUT2D eigenvalue weighted by atomic mass is 32.1. The number of rotatable bonds is 7. The quantitative estimate of drug-likeness (QED) is 0.674. The molecule has 3 aromatic rings. The van der Waals surface area contributed by atoms with E-state index in [0.717, 1.165) is 39.0 Å². The molecule has 0 saturated heterocycles. The number of likely N-dealkylation sites (N-methyl/N-ethyl adjacent to an activating group) is 1. The third kappa shape index (κ3) is 4.05. The fourth-order valence-electron chi connectivity index (χ4n) is 2.70. The van der Waals surface area contributed by atoms with Crippen LogP contribution in [0.2, 0.25) is 0 Å². The number of carbonyl (C=O) groups is 1. The number of benzene rings is 1. The van der Waals surface area contributed by atoms with Crippen LogP contribution >= 0.6 is 11.3 Å². The van der Waals surface area contributed by atoms with Crippen molar-refractivity contribution in [2.45, 2.75) is 33.2 Å². The topological polar surface area (TPSA) is 72.3 Å². The molecular formula is C19H25N5O2S. The molecule has 7 nitrogen and oxygen atoms in total. The summed E-state index contributed by atoms with van der Waals surface area (Å²) >= 11 is 1.55. The van der Waals surface area contributed by atoms with Gasteiger partial charge in [-0.3, -0.25) is 4.79 Å². The number of ether oxygens (including phenoxy) is 1. The molecular weight excluding hydrogens is 362 g/mol. The fourth-order valence-corrected chi connectivity index (χ4v) is 3.64. The van der Waals surface area contributed by atoms with Crippen LogP contribution in [0, 0.1) is 6.92 Å². The average molecular weight is 388 g/mol. The first kappa shape index (κ1) is 19.2. The van der Waals surface area contributed by atoms with Gasteiger partial charge in [0.2, 0.25) is 5.91 Å². The summed E-state index contributed by atoms with van der Waals surface area (Å²) < 4.78 is 8.07. The number of nitrogens with zero attached hydrogens (tertiary/aromatic N) is 4. The molecule has 0 bridgehead atoms. The number of amides is 1. The minimum absolute atomic E-state index is 0.000362. The van der Waals surface area contributed by atoms with E-state index < -0.39 is 0 Å². The number of hydrogen-bond donors (Lipinski definition) is 1. The number of hydrogen-bond acceptors (Lipinski definition) is 6. The second-order valence-corrected chi connectivity index (χ2v) is 7.55. The minimum atomic E-state index is -0.000362. The first-order valence-electron chi connectivity index (χ1n) is 8.94. The first-order valence-corrected chi connectivity index (χ1v) is 9.75. The molecule has 0 spiro atoms. The summed E-state index contributed by atoms with van der Waals surface area (Å²) in [6, 6.07) is 7.88. The standard InChI is InChI=1S/C19H25N5O2S/c1-6-12(2)20-16(25)11-23(4)19-21-18-17(27-19)13(3)22-24(18)14-7-9-15(26-5)10-8-14/h7-10,12H,6,11H2,1-5H3,(H,20,25)/t12-/m1/s1. The third-order valence-corrected chi connectivity index (χ3v) is 5.69. The molecule has 0 fully saturated rings. The molecule has 8 heteroatoms. The lowest BCUT2D eigenvalue weighted by molar-refractivity contribution is -0.120. The van der Waals surface area contributed by atoms with Crippen molar-refractivity contribution in [2.24, 2.45) is 0 Å². The van der Waals surface area contributed by atoms with Crippen molar-refractivity contribution in [1.29, 1.82) is 0 Å². The second kappa shape index (κ2) is 7.96. The van der Waals surface area contributed by atoms with Gasteiger partial charge in [0.05, 0.1) is 29.7 Å². The summed E-state index contributed by atoms with van der Waals surface area (Å²) in [5.41, 5.74) is 2.64. The predicted molar refractivity (Wildman–Crippen MR) is 109 cm³/mol. The van der Waals surface area contributed by atoms with E-state index in [1.807, 2.05) is 54.7 Å². The zero-order valence-electron chi connectivity index (χ0n) is 16.3. The van der Waals surface area contributed by atoms with Crippen molar-refractivity contribution in [1.82, 2.24) is 20.1 Å². The normalized spacial score (nSPS) is 12.2. The summed E-state index contributed by atoms with van der Waals surface area (Å²) in [6.07, 6.45) is 0.910. The van der Waals surface area contributed by atoms with Crippen LogP contribution in [-0.4, -0.2) is 47.4 Å². The van der Waals surface area contributed by atoms with Crippen molar-refractivity contribution >= 4 is 32.7 Å². The Morgan fingerprint density at radius 3 is 2.70 bits per heavy atom. The third-order valence-electron chi connectivity index (χ3n) is 4.42. The summed E-state index contributed by atoms with van der Waals surface area (Å²) in [5, 5.41) is 8.40. The summed E-state index contributed by atoms with van der Waals surface area (Å²) in [7, 11) is 3.53. The van der Waals surface area contributed by atoms with Gasteiger partial charge in [-0.25, -0.2) is 4.68 Å². The van der Waals surface area contributed by atoms with E-state index in [1.165, 1.54) is 0 Å². The van der Waals surface area contributed by atoms with Crippen molar-refractivity contribution in [3.05, 3.63) is 30.0 Å². The molecule has 0 unspecified atom stereocenters. The lowest BCUT2D eigenvalue weighted by Gasteiger charge is -2.17. The molecule has 1 atom stereocenters. The zero-order chi connectivity index (χ0) is 19.6. The van der Waals surface area contributed by atoms with Crippen molar-refractivity contribution in [3.63, 3.8) is 0 Å². The maximum atomic E-state index is 12.2. The summed E-state index contributed by atoms with van der Waals surface area (Å²) in [5.74, 6) is 0.796. The van der Waals surface area contributed by atoms with Crippen LogP contribution in [0.3, 0.4) is 0 Å².